The van der Waals surface area contributed by atoms with Gasteiger partial charge in [-0.05, 0) is 82.9 Å². The van der Waals surface area contributed by atoms with E-state index < -0.39 is 23.1 Å². The maximum absolute atomic E-state index is 14.6. The van der Waals surface area contributed by atoms with Gasteiger partial charge in [0.2, 0.25) is 0 Å². The molecule has 6 rings (SSSR count). The van der Waals surface area contributed by atoms with Crippen molar-refractivity contribution in [3.8, 4) is 0 Å². The van der Waals surface area contributed by atoms with E-state index in [9.17, 15) is 18.4 Å². The van der Waals surface area contributed by atoms with E-state index >= 15 is 0 Å². The normalized spacial score (nSPS) is 17.5. The third-order valence-corrected chi connectivity index (χ3v) is 7.95. The standard InChI is InChI=1S/C32H36F2N8O3/c1-32(2,3)45-31(44)40-15-11-21(12-16-40)36-27-8-4-6-24(37-27)30(43)38-25-19-35-42-17-13-28(39-29(25)42)41-14-5-7-26(41)22-18-20(33)9-10-23(22)34/h4,6,8-10,13,17-19,21,26H,5,7,11-12,14-16H2,1-3H3,(H,36,37)(H,38,43)/t26-/m1/s1. The van der Waals surface area contributed by atoms with Crippen LogP contribution in [0.2, 0.25) is 0 Å². The molecule has 236 valence electrons. The molecule has 1 aromatic carbocycles. The van der Waals surface area contributed by atoms with E-state index in [1.165, 1.54) is 12.3 Å². The van der Waals surface area contributed by atoms with Crippen molar-refractivity contribution in [1.82, 2.24) is 24.5 Å². The number of anilines is 3. The fraction of sp³-hybridized carbons (Fsp3) is 0.406. The zero-order valence-electron chi connectivity index (χ0n) is 25.5. The number of pyridine rings is 1. The molecule has 5 heterocycles. The molecule has 2 fully saturated rings. The lowest BCUT2D eigenvalue weighted by Crippen LogP contribution is -2.44. The molecule has 2 saturated heterocycles. The zero-order valence-corrected chi connectivity index (χ0v) is 25.5. The number of nitrogens with one attached hydrogen (secondary N) is 2. The molecule has 1 atom stereocenters. The molecule has 0 bridgehead atoms. The second-order valence-electron chi connectivity index (χ2n) is 12.4. The Labute approximate surface area is 259 Å². The molecule has 2 aliphatic rings. The number of hydrogen-bond acceptors (Lipinski definition) is 8. The highest BCUT2D eigenvalue weighted by molar-refractivity contribution is 6.04. The largest absolute Gasteiger partial charge is 0.444 e. The molecular formula is C32H36F2N8O3. The highest BCUT2D eigenvalue weighted by Gasteiger charge is 2.30. The van der Waals surface area contributed by atoms with Crippen LogP contribution in [0.3, 0.4) is 0 Å². The van der Waals surface area contributed by atoms with Gasteiger partial charge in [-0.25, -0.2) is 28.1 Å². The van der Waals surface area contributed by atoms with Crippen LogP contribution in [-0.4, -0.2) is 67.8 Å². The summed E-state index contributed by atoms with van der Waals surface area (Å²) in [5.41, 5.74) is 0.773. The van der Waals surface area contributed by atoms with Gasteiger partial charge < -0.3 is 25.2 Å². The minimum atomic E-state index is -0.541. The Morgan fingerprint density at radius 1 is 1.00 bits per heavy atom. The number of amides is 2. The number of aromatic nitrogens is 4. The Balaban J connectivity index is 1.12. The van der Waals surface area contributed by atoms with Gasteiger partial charge in [-0.2, -0.15) is 5.10 Å². The van der Waals surface area contributed by atoms with E-state index in [1.54, 1.807) is 39.9 Å². The zero-order chi connectivity index (χ0) is 31.7. The lowest BCUT2D eigenvalue weighted by molar-refractivity contribution is 0.0210. The van der Waals surface area contributed by atoms with Crippen molar-refractivity contribution in [2.24, 2.45) is 0 Å². The fourth-order valence-corrected chi connectivity index (χ4v) is 5.81. The van der Waals surface area contributed by atoms with Gasteiger partial charge in [-0.3, -0.25) is 4.79 Å². The molecule has 2 aliphatic heterocycles. The number of rotatable bonds is 6. The average Bonchev–Trinajstić information content (AvgIpc) is 3.65. The number of ether oxygens (including phenoxy) is 1. The monoisotopic (exact) mass is 618 g/mol. The number of benzene rings is 1. The van der Waals surface area contributed by atoms with Crippen LogP contribution in [0.4, 0.5) is 30.9 Å². The number of carbonyl (C=O) groups is 2. The number of hydrogen-bond donors (Lipinski definition) is 2. The lowest BCUT2D eigenvalue weighted by atomic mass is 10.0. The SMILES string of the molecule is CC(C)(C)OC(=O)N1CCC(Nc2cccc(C(=O)Nc3cnn4ccc(N5CCC[C@@H]5c5cc(F)ccc5F)nc34)n2)CC1. The van der Waals surface area contributed by atoms with Crippen LogP contribution < -0.4 is 15.5 Å². The number of fused-ring (bicyclic) bond motifs is 1. The summed E-state index contributed by atoms with van der Waals surface area (Å²) in [7, 11) is 0. The van der Waals surface area contributed by atoms with E-state index in [0.717, 1.165) is 31.4 Å². The van der Waals surface area contributed by atoms with E-state index in [1.807, 2.05) is 25.7 Å². The van der Waals surface area contributed by atoms with E-state index in [2.05, 4.69) is 20.7 Å². The Kier molecular flexibility index (Phi) is 8.26. The molecular weight excluding hydrogens is 582 g/mol. The maximum atomic E-state index is 14.6. The summed E-state index contributed by atoms with van der Waals surface area (Å²) >= 11 is 0. The first-order valence-corrected chi connectivity index (χ1v) is 15.1. The Morgan fingerprint density at radius 3 is 2.58 bits per heavy atom. The first-order valence-electron chi connectivity index (χ1n) is 15.1. The van der Waals surface area contributed by atoms with Gasteiger partial charge in [0.1, 0.15) is 40.3 Å². The summed E-state index contributed by atoms with van der Waals surface area (Å²) < 4.78 is 35.6. The first-order chi connectivity index (χ1) is 21.5. The molecule has 0 aliphatic carbocycles. The van der Waals surface area contributed by atoms with Crippen molar-refractivity contribution in [1.29, 1.82) is 0 Å². The predicted octanol–water partition coefficient (Wildman–Crippen LogP) is 5.81. The lowest BCUT2D eigenvalue weighted by Gasteiger charge is -2.33. The summed E-state index contributed by atoms with van der Waals surface area (Å²) in [5.74, 6) is -0.238. The molecule has 45 heavy (non-hydrogen) atoms. The van der Waals surface area contributed by atoms with Crippen molar-refractivity contribution < 1.29 is 23.1 Å². The molecule has 4 aromatic rings. The molecule has 13 heteroatoms. The van der Waals surface area contributed by atoms with Crippen LogP contribution in [0.15, 0.2) is 54.9 Å². The highest BCUT2D eigenvalue weighted by Crippen LogP contribution is 2.37. The predicted molar refractivity (Wildman–Crippen MR) is 165 cm³/mol. The van der Waals surface area contributed by atoms with Crippen molar-refractivity contribution in [3.05, 3.63) is 77.8 Å². The van der Waals surface area contributed by atoms with Crippen LogP contribution >= 0.6 is 0 Å². The minimum Gasteiger partial charge on any atom is -0.444 e. The van der Waals surface area contributed by atoms with E-state index in [4.69, 9.17) is 9.72 Å². The number of carbonyl (C=O) groups excluding carboxylic acids is 2. The van der Waals surface area contributed by atoms with Gasteiger partial charge in [-0.1, -0.05) is 6.07 Å². The Hall–Kier alpha value is -4.81. The first kappa shape index (κ1) is 30.2. The highest BCUT2D eigenvalue weighted by atomic mass is 19.1. The van der Waals surface area contributed by atoms with Crippen LogP contribution in [0, 0.1) is 11.6 Å². The van der Waals surface area contributed by atoms with Gasteiger partial charge in [0.25, 0.3) is 5.91 Å². The second kappa shape index (κ2) is 12.3. The third kappa shape index (κ3) is 6.81. The smallest absolute Gasteiger partial charge is 0.410 e. The molecule has 0 spiro atoms. The van der Waals surface area contributed by atoms with Crippen LogP contribution in [-0.2, 0) is 4.74 Å². The van der Waals surface area contributed by atoms with Crippen molar-refractivity contribution in [2.45, 2.75) is 64.1 Å². The van der Waals surface area contributed by atoms with Gasteiger partial charge in [0.15, 0.2) is 5.65 Å². The maximum Gasteiger partial charge on any atom is 0.410 e. The molecule has 0 saturated carbocycles. The summed E-state index contributed by atoms with van der Waals surface area (Å²) in [4.78, 5) is 38.6. The Bertz CT molecular complexity index is 1710. The Morgan fingerprint density at radius 2 is 1.80 bits per heavy atom. The summed E-state index contributed by atoms with van der Waals surface area (Å²) in [6, 6.07) is 10.2. The molecule has 0 unspecified atom stereocenters. The van der Waals surface area contributed by atoms with E-state index in [0.29, 0.717) is 54.6 Å². The average molecular weight is 619 g/mol. The number of nitrogens with zero attached hydrogens (tertiary/aromatic N) is 6. The van der Waals surface area contributed by atoms with Gasteiger partial charge in [0, 0.05) is 37.4 Å². The van der Waals surface area contributed by atoms with E-state index in [-0.39, 0.29) is 23.9 Å². The van der Waals surface area contributed by atoms with Crippen molar-refractivity contribution in [2.75, 3.05) is 35.2 Å². The summed E-state index contributed by atoms with van der Waals surface area (Å²) in [6.07, 6.45) is 5.83. The van der Waals surface area contributed by atoms with Crippen LogP contribution in [0.5, 0.6) is 0 Å². The van der Waals surface area contributed by atoms with Gasteiger partial charge in [-0.15, -0.1) is 0 Å². The minimum absolute atomic E-state index is 0.0898. The topological polar surface area (TPSA) is 117 Å². The van der Waals surface area contributed by atoms with Gasteiger partial charge >= 0.3 is 6.09 Å². The molecule has 3 aromatic heterocycles. The van der Waals surface area contributed by atoms with Gasteiger partial charge in [0.05, 0.1) is 12.2 Å². The number of piperidine rings is 1. The molecule has 11 nitrogen and oxygen atoms in total. The van der Waals surface area contributed by atoms with Crippen molar-refractivity contribution in [3.63, 3.8) is 0 Å². The van der Waals surface area contributed by atoms with Crippen molar-refractivity contribution >= 4 is 35.0 Å². The summed E-state index contributed by atoms with van der Waals surface area (Å²) in [5, 5.41) is 10.6. The number of likely N-dealkylation sites (tertiary alicyclic amines) is 1. The molecule has 0 radical (unpaired) electrons. The third-order valence-electron chi connectivity index (χ3n) is 7.95. The van der Waals surface area contributed by atoms with Crippen LogP contribution in [0.1, 0.15) is 68.5 Å². The molecule has 2 amide bonds. The second-order valence-corrected chi connectivity index (χ2v) is 12.4. The fourth-order valence-electron chi connectivity index (χ4n) is 5.81. The summed E-state index contributed by atoms with van der Waals surface area (Å²) in [6.45, 7) is 7.29. The molecule has 2 N–H and O–H groups in total. The quantitative estimate of drug-likeness (QED) is 0.278. The number of halogens is 2. The van der Waals surface area contributed by atoms with Crippen LogP contribution in [0.25, 0.3) is 5.65 Å².